The summed E-state index contributed by atoms with van der Waals surface area (Å²) in [5.41, 5.74) is 2.87. The van der Waals surface area contributed by atoms with Gasteiger partial charge in [0.1, 0.15) is 4.21 Å². The fourth-order valence-corrected chi connectivity index (χ4v) is 6.50. The lowest BCUT2D eigenvalue weighted by molar-refractivity contribution is 0.137. The van der Waals surface area contributed by atoms with E-state index in [2.05, 4.69) is 23.8 Å². The van der Waals surface area contributed by atoms with E-state index < -0.39 is 16.2 Å². The lowest BCUT2D eigenvalue weighted by atomic mass is 9.98. The summed E-state index contributed by atoms with van der Waals surface area (Å²) >= 11 is 7.53. The van der Waals surface area contributed by atoms with Crippen LogP contribution in [0.2, 0.25) is 5.02 Å². The molecule has 33 heavy (non-hydrogen) atoms. The second-order valence-electron chi connectivity index (χ2n) is 8.12. The van der Waals surface area contributed by atoms with E-state index in [-0.39, 0.29) is 11.5 Å². The average molecular weight is 509 g/mol. The van der Waals surface area contributed by atoms with Crippen molar-refractivity contribution >= 4 is 44.8 Å². The van der Waals surface area contributed by atoms with Crippen molar-refractivity contribution in [1.82, 2.24) is 4.72 Å². The summed E-state index contributed by atoms with van der Waals surface area (Å²) in [6.45, 7) is 2.10. The highest BCUT2D eigenvalue weighted by Gasteiger charge is 2.53. The fraction of sp³-hybridized carbons (Fsp3) is 0.261. The Bertz CT molecular complexity index is 1240. The van der Waals surface area contributed by atoms with Crippen LogP contribution in [0.1, 0.15) is 18.9 Å². The van der Waals surface area contributed by atoms with Gasteiger partial charge in [0.15, 0.2) is 0 Å². The quantitative estimate of drug-likeness (QED) is 0.413. The van der Waals surface area contributed by atoms with Gasteiger partial charge in [-0.15, -0.1) is 11.3 Å². The average Bonchev–Trinajstić information content (AvgIpc) is 3.14. The Labute approximate surface area is 202 Å². The molecule has 176 valence electrons. The lowest BCUT2D eigenvalue weighted by Gasteiger charge is -2.15. The second kappa shape index (κ2) is 9.72. The van der Waals surface area contributed by atoms with Crippen molar-refractivity contribution in [2.24, 2.45) is 0 Å². The molecule has 0 spiro atoms. The summed E-state index contributed by atoms with van der Waals surface area (Å²) in [6.07, 6.45) is -1.03. The van der Waals surface area contributed by atoms with E-state index in [1.807, 2.05) is 61.5 Å². The minimum atomic E-state index is -3.57. The first-order valence-electron chi connectivity index (χ1n) is 10.0. The standard InChI is InChI=1S/C22H23ClN2O2S2.CH2O3/c1-22(16-7-5-4-6-8-16)14-20(22)24-29(26,27)21-12-11-19(28-21)15-9-10-17(23)18(13-15)25(2)3;2-1(3)4/h4-13,20,24H,14H2,1-3H3;(H2,2,3,4)/t20-,22+;/m0./s1. The molecule has 7 nitrogen and oxygen atoms in total. The molecular formula is C23H25ClN2O5S2. The summed E-state index contributed by atoms with van der Waals surface area (Å²) in [5, 5.41) is 14.6. The molecule has 4 rings (SSSR count). The van der Waals surface area contributed by atoms with Gasteiger partial charge in [0.05, 0.1) is 10.7 Å². The molecule has 1 heterocycles. The Kier molecular flexibility index (Phi) is 7.38. The SMILES string of the molecule is CN(C)c1cc(-c2ccc(S(=O)(=O)N[C@H]3C[C@]3(C)c3ccccc3)s2)ccc1Cl.O=C(O)O. The van der Waals surface area contributed by atoms with Gasteiger partial charge < -0.3 is 15.1 Å². The largest absolute Gasteiger partial charge is 0.503 e. The highest BCUT2D eigenvalue weighted by molar-refractivity contribution is 7.91. The van der Waals surface area contributed by atoms with Crippen molar-refractivity contribution < 1.29 is 23.4 Å². The molecule has 1 aliphatic rings. The molecule has 0 bridgehead atoms. The first-order valence-corrected chi connectivity index (χ1v) is 12.7. The van der Waals surface area contributed by atoms with E-state index in [0.717, 1.165) is 28.1 Å². The number of nitrogens with zero attached hydrogens (tertiary/aromatic N) is 1. The van der Waals surface area contributed by atoms with E-state index in [1.54, 1.807) is 6.07 Å². The minimum absolute atomic E-state index is 0.0867. The Hall–Kier alpha value is -2.59. The maximum Gasteiger partial charge on any atom is 0.503 e. The first kappa shape index (κ1) is 25.0. The van der Waals surface area contributed by atoms with E-state index in [0.29, 0.717) is 9.23 Å². The van der Waals surface area contributed by atoms with Gasteiger partial charge in [0.2, 0.25) is 10.0 Å². The molecule has 0 unspecified atom stereocenters. The lowest BCUT2D eigenvalue weighted by Crippen LogP contribution is -2.29. The molecule has 1 aliphatic carbocycles. The van der Waals surface area contributed by atoms with Crippen molar-refractivity contribution in [3.8, 4) is 10.4 Å². The molecule has 2 aromatic carbocycles. The van der Waals surface area contributed by atoms with Crippen LogP contribution < -0.4 is 9.62 Å². The molecule has 3 aromatic rings. The zero-order valence-corrected chi connectivity index (χ0v) is 20.7. The van der Waals surface area contributed by atoms with Crippen LogP contribution in [0.5, 0.6) is 0 Å². The predicted molar refractivity (Wildman–Crippen MR) is 132 cm³/mol. The third kappa shape index (κ3) is 5.86. The van der Waals surface area contributed by atoms with Crippen LogP contribution >= 0.6 is 22.9 Å². The van der Waals surface area contributed by atoms with Crippen molar-refractivity contribution in [3.63, 3.8) is 0 Å². The molecule has 0 saturated heterocycles. The molecule has 0 aliphatic heterocycles. The number of sulfonamides is 1. The zero-order chi connectivity index (χ0) is 24.4. The third-order valence-corrected chi connectivity index (χ3v) is 8.94. The zero-order valence-electron chi connectivity index (χ0n) is 18.3. The Balaban J connectivity index is 0.000000709. The Morgan fingerprint density at radius 1 is 1.12 bits per heavy atom. The molecule has 1 saturated carbocycles. The van der Waals surface area contributed by atoms with Crippen molar-refractivity contribution in [3.05, 3.63) is 71.2 Å². The summed E-state index contributed by atoms with van der Waals surface area (Å²) in [6, 6.07) is 19.2. The van der Waals surface area contributed by atoms with Crippen LogP contribution in [0.3, 0.4) is 0 Å². The van der Waals surface area contributed by atoms with Crippen LogP contribution in [-0.2, 0) is 15.4 Å². The number of carboxylic acid groups (broad SMARTS) is 2. The second-order valence-corrected chi connectivity index (χ2v) is 11.6. The van der Waals surface area contributed by atoms with Crippen LogP contribution in [0.25, 0.3) is 10.4 Å². The highest BCUT2D eigenvalue weighted by Crippen LogP contribution is 2.48. The van der Waals surface area contributed by atoms with Gasteiger partial charge in [0, 0.05) is 30.4 Å². The van der Waals surface area contributed by atoms with Gasteiger partial charge in [-0.2, -0.15) is 0 Å². The van der Waals surface area contributed by atoms with Gasteiger partial charge >= 0.3 is 6.16 Å². The molecule has 1 aromatic heterocycles. The van der Waals surface area contributed by atoms with E-state index >= 15 is 0 Å². The van der Waals surface area contributed by atoms with E-state index in [4.69, 9.17) is 26.6 Å². The molecular weight excluding hydrogens is 484 g/mol. The van der Waals surface area contributed by atoms with Gasteiger partial charge in [-0.3, -0.25) is 0 Å². The van der Waals surface area contributed by atoms with Crippen LogP contribution in [0.15, 0.2) is 64.9 Å². The summed E-state index contributed by atoms with van der Waals surface area (Å²) in [7, 11) is 0.293. The van der Waals surface area contributed by atoms with Crippen molar-refractivity contribution in [2.45, 2.75) is 29.0 Å². The number of carbonyl (C=O) groups is 1. The number of halogens is 1. The van der Waals surface area contributed by atoms with Crippen molar-refractivity contribution in [2.75, 3.05) is 19.0 Å². The number of nitrogens with one attached hydrogen (secondary N) is 1. The van der Waals surface area contributed by atoms with Crippen LogP contribution in [0, 0.1) is 0 Å². The third-order valence-electron chi connectivity index (χ3n) is 5.53. The van der Waals surface area contributed by atoms with Crippen molar-refractivity contribution in [1.29, 1.82) is 0 Å². The molecule has 2 atom stereocenters. The number of rotatable bonds is 6. The molecule has 10 heteroatoms. The number of anilines is 1. The highest BCUT2D eigenvalue weighted by atomic mass is 35.5. The number of thiophene rings is 1. The number of hydrogen-bond acceptors (Lipinski definition) is 5. The molecule has 0 radical (unpaired) electrons. The fourth-order valence-electron chi connectivity index (χ4n) is 3.55. The Morgan fingerprint density at radius 3 is 2.36 bits per heavy atom. The van der Waals surface area contributed by atoms with Gasteiger partial charge in [-0.05, 0) is 41.8 Å². The van der Waals surface area contributed by atoms with Gasteiger partial charge in [0.25, 0.3) is 0 Å². The maximum atomic E-state index is 12.9. The number of benzene rings is 2. The Morgan fingerprint density at radius 2 is 1.76 bits per heavy atom. The smallest absolute Gasteiger partial charge is 0.450 e. The van der Waals surface area contributed by atoms with Crippen LogP contribution in [0.4, 0.5) is 10.5 Å². The van der Waals surface area contributed by atoms with E-state index in [1.165, 1.54) is 11.3 Å². The van der Waals surface area contributed by atoms with E-state index in [9.17, 15) is 8.42 Å². The topological polar surface area (TPSA) is 107 Å². The summed E-state index contributed by atoms with van der Waals surface area (Å²) in [5.74, 6) is 0. The molecule has 3 N–H and O–H groups in total. The molecule has 0 amide bonds. The van der Waals surface area contributed by atoms with Crippen LogP contribution in [-0.4, -0.2) is 44.9 Å². The summed E-state index contributed by atoms with van der Waals surface area (Å²) < 4.78 is 29.1. The monoisotopic (exact) mass is 508 g/mol. The minimum Gasteiger partial charge on any atom is -0.450 e. The predicted octanol–water partition coefficient (Wildman–Crippen LogP) is 5.37. The number of hydrogen-bond donors (Lipinski definition) is 3. The summed E-state index contributed by atoms with van der Waals surface area (Å²) in [4.78, 5) is 11.4. The molecule has 1 fully saturated rings. The first-order chi connectivity index (χ1) is 15.4. The van der Waals surface area contributed by atoms with Gasteiger partial charge in [-0.25, -0.2) is 17.9 Å². The maximum absolute atomic E-state index is 12.9. The normalized spacial score (nSPS) is 19.3. The van der Waals surface area contributed by atoms with Gasteiger partial charge in [-0.1, -0.05) is 54.9 Å².